The van der Waals surface area contributed by atoms with Gasteiger partial charge in [0, 0.05) is 11.4 Å². The molecule has 0 saturated carbocycles. The van der Waals surface area contributed by atoms with E-state index in [2.05, 4.69) is 33.0 Å². The Morgan fingerprint density at radius 1 is 0.652 bits per heavy atom. The molecule has 124 valence electrons. The SMILES string of the molecule is CC(C)COc1ccc(Nc2ccc(OCC(C)C)cc2)cc1. The van der Waals surface area contributed by atoms with Gasteiger partial charge in [-0.1, -0.05) is 27.7 Å². The molecule has 3 heteroatoms. The lowest BCUT2D eigenvalue weighted by molar-refractivity contribution is 0.271. The molecule has 0 unspecified atom stereocenters. The van der Waals surface area contributed by atoms with Crippen molar-refractivity contribution in [3.05, 3.63) is 48.5 Å². The number of ether oxygens (including phenoxy) is 2. The van der Waals surface area contributed by atoms with Gasteiger partial charge in [-0.25, -0.2) is 0 Å². The molecule has 3 nitrogen and oxygen atoms in total. The molecule has 0 atom stereocenters. The molecular weight excluding hydrogens is 286 g/mol. The molecule has 0 amide bonds. The van der Waals surface area contributed by atoms with Crippen LogP contribution in [0, 0.1) is 11.8 Å². The van der Waals surface area contributed by atoms with Crippen molar-refractivity contribution in [3.8, 4) is 11.5 Å². The van der Waals surface area contributed by atoms with Gasteiger partial charge in [-0.3, -0.25) is 0 Å². The van der Waals surface area contributed by atoms with Crippen molar-refractivity contribution >= 4 is 11.4 Å². The van der Waals surface area contributed by atoms with Gasteiger partial charge >= 0.3 is 0 Å². The minimum atomic E-state index is 0.532. The van der Waals surface area contributed by atoms with E-state index in [0.29, 0.717) is 11.8 Å². The number of rotatable bonds is 8. The first-order valence-electron chi connectivity index (χ1n) is 8.25. The van der Waals surface area contributed by atoms with Crippen molar-refractivity contribution in [3.63, 3.8) is 0 Å². The fourth-order valence-electron chi connectivity index (χ4n) is 1.96. The minimum Gasteiger partial charge on any atom is -0.493 e. The summed E-state index contributed by atoms with van der Waals surface area (Å²) >= 11 is 0. The lowest BCUT2D eigenvalue weighted by Crippen LogP contribution is -2.04. The van der Waals surface area contributed by atoms with E-state index in [4.69, 9.17) is 9.47 Å². The van der Waals surface area contributed by atoms with Crippen LogP contribution in [0.1, 0.15) is 27.7 Å². The number of hydrogen-bond acceptors (Lipinski definition) is 3. The first kappa shape index (κ1) is 17.2. The smallest absolute Gasteiger partial charge is 0.119 e. The summed E-state index contributed by atoms with van der Waals surface area (Å²) in [5.74, 6) is 2.87. The van der Waals surface area contributed by atoms with Crippen LogP contribution in [0.3, 0.4) is 0 Å². The zero-order valence-electron chi connectivity index (χ0n) is 14.5. The van der Waals surface area contributed by atoms with E-state index in [1.54, 1.807) is 0 Å². The quantitative estimate of drug-likeness (QED) is 0.698. The van der Waals surface area contributed by atoms with Crippen molar-refractivity contribution in [1.29, 1.82) is 0 Å². The van der Waals surface area contributed by atoms with Crippen LogP contribution in [-0.2, 0) is 0 Å². The molecule has 2 aromatic carbocycles. The third kappa shape index (κ3) is 6.23. The second-order valence-corrected chi connectivity index (χ2v) is 6.58. The van der Waals surface area contributed by atoms with Gasteiger partial charge in [-0.15, -0.1) is 0 Å². The Balaban J connectivity index is 1.88. The normalized spacial score (nSPS) is 10.9. The van der Waals surface area contributed by atoms with Crippen molar-refractivity contribution < 1.29 is 9.47 Å². The lowest BCUT2D eigenvalue weighted by atomic mass is 10.2. The summed E-state index contributed by atoms with van der Waals surface area (Å²) in [7, 11) is 0. The van der Waals surface area contributed by atoms with Gasteiger partial charge in [0.1, 0.15) is 11.5 Å². The van der Waals surface area contributed by atoms with Crippen LogP contribution in [0.4, 0.5) is 11.4 Å². The predicted molar refractivity (Wildman–Crippen MR) is 96.8 cm³/mol. The van der Waals surface area contributed by atoms with Gasteiger partial charge in [0.25, 0.3) is 0 Å². The zero-order valence-corrected chi connectivity index (χ0v) is 14.5. The molecule has 0 fully saturated rings. The van der Waals surface area contributed by atoms with Gasteiger partial charge < -0.3 is 14.8 Å². The summed E-state index contributed by atoms with van der Waals surface area (Å²) in [6, 6.07) is 16.1. The summed E-state index contributed by atoms with van der Waals surface area (Å²) in [6.07, 6.45) is 0. The maximum atomic E-state index is 5.69. The molecule has 23 heavy (non-hydrogen) atoms. The van der Waals surface area contributed by atoms with Crippen LogP contribution < -0.4 is 14.8 Å². The van der Waals surface area contributed by atoms with Gasteiger partial charge in [-0.05, 0) is 60.4 Å². The van der Waals surface area contributed by atoms with Crippen LogP contribution >= 0.6 is 0 Å². The van der Waals surface area contributed by atoms with Crippen molar-refractivity contribution in [2.75, 3.05) is 18.5 Å². The maximum Gasteiger partial charge on any atom is 0.119 e. The summed E-state index contributed by atoms with van der Waals surface area (Å²) in [4.78, 5) is 0. The molecule has 0 aliphatic rings. The summed E-state index contributed by atoms with van der Waals surface area (Å²) in [5.41, 5.74) is 2.08. The highest BCUT2D eigenvalue weighted by molar-refractivity contribution is 5.60. The molecule has 1 N–H and O–H groups in total. The Morgan fingerprint density at radius 2 is 1.00 bits per heavy atom. The van der Waals surface area contributed by atoms with E-state index in [9.17, 15) is 0 Å². The van der Waals surface area contributed by atoms with Crippen LogP contribution in [0.5, 0.6) is 11.5 Å². The zero-order chi connectivity index (χ0) is 16.7. The first-order chi connectivity index (χ1) is 11.0. The van der Waals surface area contributed by atoms with Crippen LogP contribution in [0.25, 0.3) is 0 Å². The maximum absolute atomic E-state index is 5.69. The average molecular weight is 313 g/mol. The van der Waals surface area contributed by atoms with E-state index < -0.39 is 0 Å². The molecule has 0 aromatic heterocycles. The van der Waals surface area contributed by atoms with E-state index >= 15 is 0 Å². The van der Waals surface area contributed by atoms with Crippen LogP contribution in [-0.4, -0.2) is 13.2 Å². The average Bonchev–Trinajstić information content (AvgIpc) is 2.53. The Kier molecular flexibility index (Phi) is 6.33. The summed E-state index contributed by atoms with van der Waals surface area (Å²) in [5, 5.41) is 3.38. The Hall–Kier alpha value is -2.16. The van der Waals surface area contributed by atoms with E-state index in [-0.39, 0.29) is 0 Å². The molecule has 0 spiro atoms. The monoisotopic (exact) mass is 313 g/mol. The molecule has 0 radical (unpaired) electrons. The third-order valence-electron chi connectivity index (χ3n) is 3.16. The van der Waals surface area contributed by atoms with Crippen molar-refractivity contribution in [2.45, 2.75) is 27.7 Å². The van der Waals surface area contributed by atoms with Crippen LogP contribution in [0.15, 0.2) is 48.5 Å². The first-order valence-corrected chi connectivity index (χ1v) is 8.25. The van der Waals surface area contributed by atoms with E-state index in [0.717, 1.165) is 36.1 Å². The highest BCUT2D eigenvalue weighted by Gasteiger charge is 2.00. The fraction of sp³-hybridized carbons (Fsp3) is 0.400. The molecular formula is C20H27NO2. The minimum absolute atomic E-state index is 0.532. The second kappa shape index (κ2) is 8.47. The lowest BCUT2D eigenvalue weighted by Gasteiger charge is -2.11. The fourth-order valence-corrected chi connectivity index (χ4v) is 1.96. The Morgan fingerprint density at radius 3 is 1.30 bits per heavy atom. The molecule has 2 aromatic rings. The molecule has 0 heterocycles. The molecule has 0 saturated heterocycles. The van der Waals surface area contributed by atoms with Crippen molar-refractivity contribution in [2.24, 2.45) is 11.8 Å². The molecule has 0 aliphatic heterocycles. The standard InChI is InChI=1S/C20H27NO2/c1-15(2)13-22-19-9-5-17(6-10-19)21-18-7-11-20(12-8-18)23-14-16(3)4/h5-12,15-16,21H,13-14H2,1-4H3. The topological polar surface area (TPSA) is 30.5 Å². The molecule has 0 bridgehead atoms. The Bertz CT molecular complexity index is 520. The third-order valence-corrected chi connectivity index (χ3v) is 3.16. The number of hydrogen-bond donors (Lipinski definition) is 1. The number of anilines is 2. The second-order valence-electron chi connectivity index (χ2n) is 6.58. The predicted octanol–water partition coefficient (Wildman–Crippen LogP) is 5.50. The number of nitrogens with one attached hydrogen (secondary N) is 1. The highest BCUT2D eigenvalue weighted by Crippen LogP contribution is 2.22. The van der Waals surface area contributed by atoms with Gasteiger partial charge in [0.15, 0.2) is 0 Å². The number of benzene rings is 2. The van der Waals surface area contributed by atoms with E-state index in [1.807, 2.05) is 48.5 Å². The summed E-state index contributed by atoms with van der Waals surface area (Å²) in [6.45, 7) is 10.1. The van der Waals surface area contributed by atoms with E-state index in [1.165, 1.54) is 0 Å². The summed E-state index contributed by atoms with van der Waals surface area (Å²) < 4.78 is 11.4. The largest absolute Gasteiger partial charge is 0.493 e. The van der Waals surface area contributed by atoms with Gasteiger partial charge in [0.2, 0.25) is 0 Å². The van der Waals surface area contributed by atoms with Gasteiger partial charge in [0.05, 0.1) is 13.2 Å². The van der Waals surface area contributed by atoms with Crippen LogP contribution in [0.2, 0.25) is 0 Å². The molecule has 2 rings (SSSR count). The van der Waals surface area contributed by atoms with Crippen molar-refractivity contribution in [1.82, 2.24) is 0 Å². The van der Waals surface area contributed by atoms with Gasteiger partial charge in [-0.2, -0.15) is 0 Å². The highest BCUT2D eigenvalue weighted by atomic mass is 16.5. The Labute approximate surface area is 139 Å². The molecule has 0 aliphatic carbocycles.